The SMILES string of the molecule is COc1ccc(C(C)NC(=O)/C=C/c2ccc(Oc3cccnc3)c(F)c2)cc1OC. The third-order valence-corrected chi connectivity index (χ3v) is 4.51. The van der Waals surface area contributed by atoms with Crippen LogP contribution in [0, 0.1) is 5.82 Å². The Morgan fingerprint density at radius 2 is 1.84 bits per heavy atom. The van der Waals surface area contributed by atoms with Crippen molar-refractivity contribution in [1.82, 2.24) is 10.3 Å². The number of amides is 1. The fourth-order valence-electron chi connectivity index (χ4n) is 2.88. The van der Waals surface area contributed by atoms with Crippen molar-refractivity contribution in [2.24, 2.45) is 0 Å². The maximum absolute atomic E-state index is 14.3. The minimum Gasteiger partial charge on any atom is -0.493 e. The van der Waals surface area contributed by atoms with E-state index in [1.165, 1.54) is 30.5 Å². The van der Waals surface area contributed by atoms with Gasteiger partial charge in [0.05, 0.1) is 26.5 Å². The van der Waals surface area contributed by atoms with Crippen molar-refractivity contribution in [3.05, 3.63) is 83.9 Å². The Morgan fingerprint density at radius 1 is 1.06 bits per heavy atom. The highest BCUT2D eigenvalue weighted by molar-refractivity contribution is 5.92. The first kappa shape index (κ1) is 21.8. The lowest BCUT2D eigenvalue weighted by Crippen LogP contribution is -2.24. The third-order valence-electron chi connectivity index (χ3n) is 4.51. The van der Waals surface area contributed by atoms with Crippen molar-refractivity contribution >= 4 is 12.0 Å². The molecule has 0 saturated carbocycles. The number of nitrogens with one attached hydrogen (secondary N) is 1. The van der Waals surface area contributed by atoms with E-state index >= 15 is 0 Å². The van der Waals surface area contributed by atoms with E-state index in [2.05, 4.69) is 10.3 Å². The molecule has 1 aromatic heterocycles. The molecular formula is C24H23FN2O4. The molecule has 31 heavy (non-hydrogen) atoms. The number of benzene rings is 2. The molecule has 6 nitrogen and oxygen atoms in total. The van der Waals surface area contributed by atoms with Crippen molar-refractivity contribution in [2.45, 2.75) is 13.0 Å². The van der Waals surface area contributed by atoms with Gasteiger partial charge in [0.15, 0.2) is 23.1 Å². The van der Waals surface area contributed by atoms with E-state index in [1.54, 1.807) is 44.7 Å². The summed E-state index contributed by atoms with van der Waals surface area (Å²) in [6.07, 6.45) is 5.99. The molecule has 0 aliphatic rings. The number of rotatable bonds is 8. The van der Waals surface area contributed by atoms with Crippen LogP contribution < -0.4 is 19.5 Å². The van der Waals surface area contributed by atoms with Gasteiger partial charge in [-0.25, -0.2) is 4.39 Å². The molecular weight excluding hydrogens is 399 g/mol. The van der Waals surface area contributed by atoms with Gasteiger partial charge in [0.25, 0.3) is 0 Å². The van der Waals surface area contributed by atoms with E-state index in [1.807, 2.05) is 19.1 Å². The van der Waals surface area contributed by atoms with Crippen molar-refractivity contribution in [1.29, 1.82) is 0 Å². The van der Waals surface area contributed by atoms with Gasteiger partial charge >= 0.3 is 0 Å². The van der Waals surface area contributed by atoms with Crippen molar-refractivity contribution in [3.63, 3.8) is 0 Å². The van der Waals surface area contributed by atoms with Gasteiger partial charge in [-0.3, -0.25) is 9.78 Å². The molecule has 0 bridgehead atoms. The zero-order valence-electron chi connectivity index (χ0n) is 17.5. The molecule has 0 radical (unpaired) electrons. The van der Waals surface area contributed by atoms with Crippen molar-refractivity contribution in [2.75, 3.05) is 14.2 Å². The number of ether oxygens (including phenoxy) is 3. The summed E-state index contributed by atoms with van der Waals surface area (Å²) in [5.74, 6) is 0.872. The Morgan fingerprint density at radius 3 is 2.52 bits per heavy atom. The molecule has 0 spiro atoms. The summed E-state index contributed by atoms with van der Waals surface area (Å²) in [5, 5.41) is 2.87. The number of aromatic nitrogens is 1. The molecule has 1 N–H and O–H groups in total. The van der Waals surface area contributed by atoms with Crippen LogP contribution in [0.1, 0.15) is 24.1 Å². The lowest BCUT2D eigenvalue weighted by Gasteiger charge is -2.15. The number of carbonyl (C=O) groups is 1. The lowest BCUT2D eigenvalue weighted by molar-refractivity contribution is -0.117. The van der Waals surface area contributed by atoms with Gasteiger partial charge in [-0.2, -0.15) is 0 Å². The van der Waals surface area contributed by atoms with Crippen LogP contribution in [0.15, 0.2) is 67.0 Å². The molecule has 7 heteroatoms. The predicted molar refractivity (Wildman–Crippen MR) is 116 cm³/mol. The number of methoxy groups -OCH3 is 2. The lowest BCUT2D eigenvalue weighted by atomic mass is 10.1. The van der Waals surface area contributed by atoms with Gasteiger partial charge in [-0.05, 0) is 60.5 Å². The number of pyridine rings is 1. The summed E-state index contributed by atoms with van der Waals surface area (Å²) < 4.78 is 30.3. The average Bonchev–Trinajstić information content (AvgIpc) is 2.79. The second-order valence-electron chi connectivity index (χ2n) is 6.66. The quantitative estimate of drug-likeness (QED) is 0.522. The fraction of sp³-hybridized carbons (Fsp3) is 0.167. The molecule has 1 amide bonds. The van der Waals surface area contributed by atoms with Crippen molar-refractivity contribution < 1.29 is 23.4 Å². The highest BCUT2D eigenvalue weighted by Gasteiger charge is 2.12. The molecule has 0 saturated heterocycles. The van der Waals surface area contributed by atoms with Crippen LogP contribution in [0.4, 0.5) is 4.39 Å². The average molecular weight is 422 g/mol. The zero-order valence-corrected chi connectivity index (χ0v) is 17.5. The molecule has 160 valence electrons. The van der Waals surface area contributed by atoms with Crippen LogP contribution in [0.3, 0.4) is 0 Å². The summed E-state index contributed by atoms with van der Waals surface area (Å²) in [5.41, 5.74) is 1.40. The zero-order chi connectivity index (χ0) is 22.2. The number of halogens is 1. The standard InChI is InChI=1S/C24H23FN2O4/c1-16(18-8-10-22(29-2)23(14-18)30-3)27-24(28)11-7-17-6-9-21(20(25)13-17)31-19-5-4-12-26-15-19/h4-16H,1-3H3,(H,27,28)/b11-7+. The molecule has 0 aliphatic heterocycles. The summed E-state index contributed by atoms with van der Waals surface area (Å²) in [6, 6.07) is 13.0. The molecule has 0 aliphatic carbocycles. The van der Waals surface area contributed by atoms with E-state index in [0.29, 0.717) is 22.8 Å². The first-order valence-electron chi connectivity index (χ1n) is 9.58. The molecule has 1 atom stereocenters. The minimum atomic E-state index is -0.537. The van der Waals surface area contributed by atoms with Crippen LogP contribution in [0.5, 0.6) is 23.0 Å². The monoisotopic (exact) mass is 422 g/mol. The minimum absolute atomic E-state index is 0.0803. The maximum atomic E-state index is 14.3. The molecule has 3 rings (SSSR count). The van der Waals surface area contributed by atoms with Crippen LogP contribution >= 0.6 is 0 Å². The Balaban J connectivity index is 1.62. The van der Waals surface area contributed by atoms with Crippen LogP contribution in [0.25, 0.3) is 6.08 Å². The topological polar surface area (TPSA) is 69.7 Å². The number of hydrogen-bond donors (Lipinski definition) is 1. The van der Waals surface area contributed by atoms with E-state index in [9.17, 15) is 9.18 Å². The van der Waals surface area contributed by atoms with Crippen molar-refractivity contribution in [3.8, 4) is 23.0 Å². The van der Waals surface area contributed by atoms with Gasteiger partial charge in [0, 0.05) is 12.3 Å². The van der Waals surface area contributed by atoms with Gasteiger partial charge < -0.3 is 19.5 Å². The Kier molecular flexibility index (Phi) is 7.22. The second kappa shape index (κ2) is 10.2. The van der Waals surface area contributed by atoms with Crippen LogP contribution in [-0.4, -0.2) is 25.1 Å². The smallest absolute Gasteiger partial charge is 0.244 e. The normalized spacial score (nSPS) is 11.7. The van der Waals surface area contributed by atoms with E-state index in [0.717, 1.165) is 5.56 Å². The first-order chi connectivity index (χ1) is 15.0. The second-order valence-corrected chi connectivity index (χ2v) is 6.66. The highest BCUT2D eigenvalue weighted by Crippen LogP contribution is 2.30. The number of carbonyl (C=O) groups excluding carboxylic acids is 1. The molecule has 3 aromatic rings. The van der Waals surface area contributed by atoms with E-state index in [4.69, 9.17) is 14.2 Å². The number of hydrogen-bond acceptors (Lipinski definition) is 5. The molecule has 1 heterocycles. The maximum Gasteiger partial charge on any atom is 0.244 e. The Hall–Kier alpha value is -3.87. The third kappa shape index (κ3) is 5.82. The molecule has 1 unspecified atom stereocenters. The van der Waals surface area contributed by atoms with Gasteiger partial charge in [-0.1, -0.05) is 12.1 Å². The van der Waals surface area contributed by atoms with Crippen LogP contribution in [-0.2, 0) is 4.79 Å². The van der Waals surface area contributed by atoms with Crippen LogP contribution in [0.2, 0.25) is 0 Å². The Bertz CT molecular complexity index is 1070. The van der Waals surface area contributed by atoms with E-state index < -0.39 is 5.82 Å². The van der Waals surface area contributed by atoms with Gasteiger partial charge in [0.2, 0.25) is 5.91 Å². The first-order valence-corrected chi connectivity index (χ1v) is 9.58. The molecule has 2 aromatic carbocycles. The summed E-state index contributed by atoms with van der Waals surface area (Å²) in [4.78, 5) is 16.2. The summed E-state index contributed by atoms with van der Waals surface area (Å²) in [7, 11) is 3.12. The summed E-state index contributed by atoms with van der Waals surface area (Å²) in [6.45, 7) is 1.86. The predicted octanol–water partition coefficient (Wildman–Crippen LogP) is 4.92. The molecule has 0 fully saturated rings. The van der Waals surface area contributed by atoms with Gasteiger partial charge in [0.1, 0.15) is 5.75 Å². The van der Waals surface area contributed by atoms with Gasteiger partial charge in [-0.15, -0.1) is 0 Å². The van der Waals surface area contributed by atoms with E-state index in [-0.39, 0.29) is 17.7 Å². The summed E-state index contributed by atoms with van der Waals surface area (Å²) >= 11 is 0. The largest absolute Gasteiger partial charge is 0.493 e. The number of nitrogens with zero attached hydrogens (tertiary/aromatic N) is 1. The Labute approximate surface area is 180 Å². The highest BCUT2D eigenvalue weighted by atomic mass is 19.1. The fourth-order valence-corrected chi connectivity index (χ4v) is 2.88.